The van der Waals surface area contributed by atoms with Crippen molar-refractivity contribution in [2.45, 2.75) is 32.6 Å². The fourth-order valence-corrected chi connectivity index (χ4v) is 2.06. The number of allylic oxidation sites excluding steroid dienone is 4. The molecule has 0 radical (unpaired) electrons. The second kappa shape index (κ2) is 9.22. The molecule has 1 rings (SSSR count). The van der Waals surface area contributed by atoms with Gasteiger partial charge < -0.3 is 0 Å². The predicted molar refractivity (Wildman–Crippen MR) is 79.2 cm³/mol. The topological polar surface area (TPSA) is 55.0 Å². The molecule has 0 bridgehead atoms. The summed E-state index contributed by atoms with van der Waals surface area (Å²) in [5.41, 5.74) is 8.54. The van der Waals surface area contributed by atoms with Crippen LogP contribution in [-0.4, -0.2) is 42.1 Å². The van der Waals surface area contributed by atoms with Crippen LogP contribution in [0, 0.1) is 0 Å². The van der Waals surface area contributed by atoms with Gasteiger partial charge in [0.1, 0.15) is 0 Å². The van der Waals surface area contributed by atoms with Crippen molar-refractivity contribution < 1.29 is 4.58 Å². The maximum Gasteiger partial charge on any atom is 0.282 e. The Bertz CT molecular complexity index is 402. The van der Waals surface area contributed by atoms with Crippen molar-refractivity contribution in [3.8, 4) is 0 Å². The van der Waals surface area contributed by atoms with E-state index < -0.39 is 0 Å². The molecule has 0 aromatic heterocycles. The predicted octanol–water partition coefficient (Wildman–Crippen LogP) is 3.30. The molecular weight excluding hydrogens is 238 g/mol. The molecule has 0 unspecified atom stereocenters. The minimum absolute atomic E-state index is 0.761. The molecule has 19 heavy (non-hydrogen) atoms. The van der Waals surface area contributed by atoms with E-state index in [-0.39, 0.29) is 0 Å². The quantitative estimate of drug-likeness (QED) is 0.173. The Hall–Kier alpha value is -1.74. The van der Waals surface area contributed by atoms with E-state index in [9.17, 15) is 0 Å². The van der Waals surface area contributed by atoms with Crippen LogP contribution < -0.4 is 0 Å². The van der Waals surface area contributed by atoms with Crippen LogP contribution in [0.25, 0.3) is 10.4 Å². The molecule has 0 aromatic carbocycles. The average molecular weight is 262 g/mol. The minimum atomic E-state index is 0.761. The number of rotatable bonds is 7. The van der Waals surface area contributed by atoms with Crippen LogP contribution in [0.1, 0.15) is 32.6 Å². The molecule has 5 heteroatoms. The largest absolute Gasteiger partial charge is 0.290 e. The molecule has 5 nitrogen and oxygen atoms in total. The Morgan fingerprint density at radius 2 is 2.16 bits per heavy atom. The van der Waals surface area contributed by atoms with Crippen molar-refractivity contribution in [3.63, 3.8) is 0 Å². The molecule has 0 spiro atoms. The van der Waals surface area contributed by atoms with Gasteiger partial charge in [0.05, 0.1) is 26.7 Å². The van der Waals surface area contributed by atoms with Crippen molar-refractivity contribution in [1.82, 2.24) is 4.90 Å². The maximum absolute atomic E-state index is 8.54. The van der Waals surface area contributed by atoms with Gasteiger partial charge in [-0.15, -0.1) is 0 Å². The van der Waals surface area contributed by atoms with Crippen LogP contribution in [0.4, 0.5) is 0 Å². The fraction of sp³-hybridized carbons (Fsp3) is 0.643. The van der Waals surface area contributed by atoms with E-state index in [0.29, 0.717) is 0 Å². The average Bonchev–Trinajstić information content (AvgIpc) is 2.75. The van der Waals surface area contributed by atoms with Crippen LogP contribution in [-0.2, 0) is 0 Å². The third-order valence-corrected chi connectivity index (χ3v) is 3.10. The van der Waals surface area contributed by atoms with E-state index >= 15 is 0 Å². The number of likely N-dealkylation sites (N-methyl/N-ethyl adjacent to an activating group) is 1. The lowest BCUT2D eigenvalue weighted by Crippen LogP contribution is -2.28. The van der Waals surface area contributed by atoms with E-state index in [0.717, 1.165) is 51.3 Å². The Morgan fingerprint density at radius 3 is 2.89 bits per heavy atom. The van der Waals surface area contributed by atoms with E-state index in [2.05, 4.69) is 46.2 Å². The van der Waals surface area contributed by atoms with Crippen LogP contribution in [0.5, 0.6) is 0 Å². The first-order chi connectivity index (χ1) is 9.29. The van der Waals surface area contributed by atoms with Gasteiger partial charge in [-0.3, -0.25) is 9.48 Å². The number of hydrogen-bond acceptors (Lipinski definition) is 2. The van der Waals surface area contributed by atoms with Gasteiger partial charge in [0.15, 0.2) is 0 Å². The van der Waals surface area contributed by atoms with Gasteiger partial charge in [0.2, 0.25) is 0 Å². The summed E-state index contributed by atoms with van der Waals surface area (Å²) in [5, 5.41) is 3.76. The van der Waals surface area contributed by atoms with Crippen molar-refractivity contribution in [3.05, 3.63) is 34.7 Å². The van der Waals surface area contributed by atoms with Crippen molar-refractivity contribution >= 4 is 5.96 Å². The van der Waals surface area contributed by atoms with Gasteiger partial charge in [-0.25, -0.2) is 0 Å². The van der Waals surface area contributed by atoms with Crippen molar-refractivity contribution in [2.75, 3.05) is 26.7 Å². The lowest BCUT2D eigenvalue weighted by atomic mass is 10.2. The summed E-state index contributed by atoms with van der Waals surface area (Å²) < 4.78 is 2.01. The molecule has 0 fully saturated rings. The molecule has 104 valence electrons. The van der Waals surface area contributed by atoms with Crippen LogP contribution >= 0.6 is 0 Å². The summed E-state index contributed by atoms with van der Waals surface area (Å²) in [6.07, 6.45) is 13.1. The molecule has 0 N–H and O–H groups in total. The first-order valence-corrected chi connectivity index (χ1v) is 6.97. The summed E-state index contributed by atoms with van der Waals surface area (Å²) in [4.78, 5) is 5.04. The van der Waals surface area contributed by atoms with Crippen LogP contribution in [0.2, 0.25) is 0 Å². The summed E-state index contributed by atoms with van der Waals surface area (Å²) in [7, 11) is 1.96. The highest BCUT2D eigenvalue weighted by atomic mass is 15.4. The summed E-state index contributed by atoms with van der Waals surface area (Å²) in [6, 6.07) is 0. The highest BCUT2D eigenvalue weighted by Gasteiger charge is 2.23. The van der Waals surface area contributed by atoms with E-state index in [1.165, 1.54) is 0 Å². The number of hydrogen-bond donors (Lipinski definition) is 0. The third-order valence-electron chi connectivity index (χ3n) is 3.10. The van der Waals surface area contributed by atoms with Gasteiger partial charge in [-0.1, -0.05) is 31.2 Å². The number of nitrogens with zero attached hydrogens (tertiary/aromatic N) is 5. The Kier molecular flexibility index (Phi) is 7.44. The monoisotopic (exact) mass is 262 g/mol. The maximum atomic E-state index is 8.54. The van der Waals surface area contributed by atoms with E-state index in [1.54, 1.807) is 0 Å². The number of azide groups is 1. The Labute approximate surface area is 115 Å². The molecule has 0 amide bonds. The zero-order valence-electron chi connectivity index (χ0n) is 12.0. The summed E-state index contributed by atoms with van der Waals surface area (Å²) in [5.74, 6) is 0.761. The standard InChI is InChI=1S/C14H24N5/c1-3-4-5-6-7-8-9-10-11-19-13-12-18(2)14(19)16-17-15/h4-5,7-8H,3,6,9-13H2,1-2H3/q+1/b5-4-,8-7-. The molecular formula is C14H24N5+. The molecule has 0 aromatic rings. The van der Waals surface area contributed by atoms with Gasteiger partial charge in [0, 0.05) is 10.0 Å². The molecule has 1 aliphatic rings. The first kappa shape index (κ1) is 15.3. The molecule has 1 aliphatic heterocycles. The highest BCUT2D eigenvalue weighted by molar-refractivity contribution is 5.76. The second-order valence-electron chi connectivity index (χ2n) is 4.63. The van der Waals surface area contributed by atoms with Crippen LogP contribution in [0.15, 0.2) is 29.4 Å². The van der Waals surface area contributed by atoms with Crippen molar-refractivity contribution in [2.24, 2.45) is 5.11 Å². The summed E-state index contributed by atoms with van der Waals surface area (Å²) in [6.45, 7) is 4.98. The number of guanidine groups is 1. The fourth-order valence-electron chi connectivity index (χ4n) is 2.06. The Balaban J connectivity index is 2.23. The smallest absolute Gasteiger partial charge is 0.282 e. The van der Waals surface area contributed by atoms with Crippen LogP contribution in [0.3, 0.4) is 0 Å². The number of unbranched alkanes of at least 4 members (excludes halogenated alkanes) is 1. The first-order valence-electron chi connectivity index (χ1n) is 6.97. The highest BCUT2D eigenvalue weighted by Crippen LogP contribution is 2.05. The minimum Gasteiger partial charge on any atom is -0.290 e. The molecule has 0 atom stereocenters. The van der Waals surface area contributed by atoms with Gasteiger partial charge in [-0.2, -0.15) is 0 Å². The normalized spacial score (nSPS) is 15.8. The molecule has 1 heterocycles. The van der Waals surface area contributed by atoms with E-state index in [1.807, 2.05) is 11.6 Å². The Morgan fingerprint density at radius 1 is 1.37 bits per heavy atom. The molecule has 0 aliphatic carbocycles. The molecule has 0 saturated carbocycles. The summed E-state index contributed by atoms with van der Waals surface area (Å²) >= 11 is 0. The van der Waals surface area contributed by atoms with Crippen molar-refractivity contribution in [1.29, 1.82) is 0 Å². The zero-order valence-corrected chi connectivity index (χ0v) is 12.0. The van der Waals surface area contributed by atoms with Gasteiger partial charge in [-0.05, 0) is 31.2 Å². The zero-order chi connectivity index (χ0) is 13.9. The lowest BCUT2D eigenvalue weighted by molar-refractivity contribution is -0.487. The van der Waals surface area contributed by atoms with E-state index in [4.69, 9.17) is 5.53 Å². The third kappa shape index (κ3) is 5.62. The van der Waals surface area contributed by atoms with Gasteiger partial charge in [0.25, 0.3) is 5.96 Å². The SMILES string of the molecule is CC/C=C\C/C=C\CCCN1CC[N+](C)=C1N=[N+]=[N-]. The second-order valence-corrected chi connectivity index (χ2v) is 4.63. The molecule has 0 saturated heterocycles. The van der Waals surface area contributed by atoms with Gasteiger partial charge >= 0.3 is 0 Å². The lowest BCUT2D eigenvalue weighted by Gasteiger charge is -2.11.